The standard InChI is InChI=1S/C18H20O2.C11H12N2/c1-13(2)15-8-10-17(11-9-15)20-12-16-6-4-5-7-18(16)14(3)19;1-7-3-4-11-9(5-7)10(12)6-8(2)13-11/h4-11,13H,12H2,1-3H3;3-6H,1-2H3,(H2,12,13). The highest BCUT2D eigenvalue weighted by molar-refractivity contribution is 5.95. The van der Waals surface area contributed by atoms with Crippen molar-refractivity contribution in [2.24, 2.45) is 0 Å². The van der Waals surface area contributed by atoms with E-state index in [4.69, 9.17) is 10.5 Å². The summed E-state index contributed by atoms with van der Waals surface area (Å²) in [6, 6.07) is 23.7. The number of benzene rings is 3. The molecule has 1 heterocycles. The predicted molar refractivity (Wildman–Crippen MR) is 137 cm³/mol. The molecular formula is C29H32N2O2. The molecule has 0 atom stereocenters. The summed E-state index contributed by atoms with van der Waals surface area (Å²) in [5.74, 6) is 1.41. The lowest BCUT2D eigenvalue weighted by Gasteiger charge is -2.11. The van der Waals surface area contributed by atoms with Crippen molar-refractivity contribution in [3.8, 4) is 5.75 Å². The Bertz CT molecular complexity index is 1240. The molecule has 0 amide bonds. The van der Waals surface area contributed by atoms with E-state index in [-0.39, 0.29) is 5.78 Å². The van der Waals surface area contributed by atoms with Gasteiger partial charge in [0.05, 0.1) is 5.52 Å². The van der Waals surface area contributed by atoms with Crippen LogP contribution in [0.4, 0.5) is 5.69 Å². The largest absolute Gasteiger partial charge is 0.489 e. The van der Waals surface area contributed by atoms with Crippen LogP contribution >= 0.6 is 0 Å². The number of carbonyl (C=O) groups excluding carboxylic acids is 1. The fourth-order valence-electron chi connectivity index (χ4n) is 3.60. The predicted octanol–water partition coefficient (Wildman–Crippen LogP) is 7.03. The molecule has 4 nitrogen and oxygen atoms in total. The van der Waals surface area contributed by atoms with Crippen LogP contribution < -0.4 is 10.5 Å². The molecule has 0 aliphatic rings. The van der Waals surface area contributed by atoms with Gasteiger partial charge in [-0.25, -0.2) is 0 Å². The van der Waals surface area contributed by atoms with Crippen molar-refractivity contribution in [2.45, 2.75) is 47.1 Å². The maximum absolute atomic E-state index is 11.5. The number of pyridine rings is 1. The second-order valence-electron chi connectivity index (χ2n) is 8.60. The number of aromatic nitrogens is 1. The van der Waals surface area contributed by atoms with Crippen molar-refractivity contribution in [1.82, 2.24) is 4.98 Å². The fourth-order valence-corrected chi connectivity index (χ4v) is 3.60. The Balaban J connectivity index is 0.000000203. The molecular weight excluding hydrogens is 408 g/mol. The number of rotatable bonds is 5. The number of nitrogen functional groups attached to an aromatic ring is 1. The molecule has 170 valence electrons. The topological polar surface area (TPSA) is 65.2 Å². The number of anilines is 1. The minimum atomic E-state index is 0.0688. The number of hydrogen-bond donors (Lipinski definition) is 1. The monoisotopic (exact) mass is 440 g/mol. The van der Waals surface area contributed by atoms with Gasteiger partial charge in [-0.2, -0.15) is 0 Å². The van der Waals surface area contributed by atoms with E-state index in [0.29, 0.717) is 12.5 Å². The Morgan fingerprint density at radius 3 is 2.33 bits per heavy atom. The summed E-state index contributed by atoms with van der Waals surface area (Å²) >= 11 is 0. The quantitative estimate of drug-likeness (QED) is 0.338. The van der Waals surface area contributed by atoms with E-state index in [2.05, 4.69) is 44.0 Å². The number of carbonyl (C=O) groups is 1. The van der Waals surface area contributed by atoms with Gasteiger partial charge in [0.1, 0.15) is 12.4 Å². The highest BCUT2D eigenvalue weighted by atomic mass is 16.5. The zero-order valence-electron chi connectivity index (χ0n) is 20.1. The number of ether oxygens (including phenoxy) is 1. The van der Waals surface area contributed by atoms with Crippen LogP contribution in [0.25, 0.3) is 10.9 Å². The van der Waals surface area contributed by atoms with Crippen molar-refractivity contribution in [2.75, 3.05) is 5.73 Å². The summed E-state index contributed by atoms with van der Waals surface area (Å²) in [4.78, 5) is 15.9. The molecule has 0 radical (unpaired) electrons. The zero-order valence-corrected chi connectivity index (χ0v) is 20.1. The number of Topliss-reactive ketones (excluding diaryl/α,β-unsaturated/α-hetero) is 1. The molecule has 0 saturated carbocycles. The Kier molecular flexibility index (Phi) is 7.83. The van der Waals surface area contributed by atoms with Crippen LogP contribution in [0, 0.1) is 13.8 Å². The van der Waals surface area contributed by atoms with Crippen molar-refractivity contribution < 1.29 is 9.53 Å². The normalized spacial score (nSPS) is 10.6. The van der Waals surface area contributed by atoms with Crippen LogP contribution in [0.3, 0.4) is 0 Å². The van der Waals surface area contributed by atoms with Gasteiger partial charge in [0, 0.05) is 27.9 Å². The van der Waals surface area contributed by atoms with E-state index in [9.17, 15) is 4.79 Å². The first-order chi connectivity index (χ1) is 15.7. The van der Waals surface area contributed by atoms with Gasteiger partial charge in [-0.1, -0.05) is 61.9 Å². The van der Waals surface area contributed by atoms with E-state index < -0.39 is 0 Å². The van der Waals surface area contributed by atoms with Crippen LogP contribution in [0.2, 0.25) is 0 Å². The second kappa shape index (κ2) is 10.8. The molecule has 4 rings (SSSR count). The summed E-state index contributed by atoms with van der Waals surface area (Å²) in [7, 11) is 0. The van der Waals surface area contributed by atoms with Gasteiger partial charge < -0.3 is 10.5 Å². The van der Waals surface area contributed by atoms with Gasteiger partial charge >= 0.3 is 0 Å². The summed E-state index contributed by atoms with van der Waals surface area (Å²) in [5.41, 5.74) is 12.8. The smallest absolute Gasteiger partial charge is 0.160 e. The molecule has 2 N–H and O–H groups in total. The van der Waals surface area contributed by atoms with Crippen molar-refractivity contribution >= 4 is 22.4 Å². The molecule has 1 aromatic heterocycles. The minimum absolute atomic E-state index is 0.0688. The number of hydrogen-bond acceptors (Lipinski definition) is 4. The first-order valence-electron chi connectivity index (χ1n) is 11.2. The molecule has 0 aliphatic heterocycles. The molecule has 0 aliphatic carbocycles. The molecule has 0 spiro atoms. The third-order valence-corrected chi connectivity index (χ3v) is 5.46. The number of fused-ring (bicyclic) bond motifs is 1. The highest BCUT2D eigenvalue weighted by Gasteiger charge is 2.07. The lowest BCUT2D eigenvalue weighted by Crippen LogP contribution is -2.03. The first-order valence-corrected chi connectivity index (χ1v) is 11.2. The average Bonchev–Trinajstić information content (AvgIpc) is 2.79. The Morgan fingerprint density at radius 2 is 1.67 bits per heavy atom. The third kappa shape index (κ3) is 6.42. The summed E-state index contributed by atoms with van der Waals surface area (Å²) < 4.78 is 5.77. The SMILES string of the molecule is CC(=O)c1ccccc1COc1ccc(C(C)C)cc1.Cc1ccc2nc(C)cc(N)c2c1. The highest BCUT2D eigenvalue weighted by Crippen LogP contribution is 2.22. The van der Waals surface area contributed by atoms with E-state index in [0.717, 1.165) is 39.2 Å². The molecule has 4 aromatic rings. The zero-order chi connectivity index (χ0) is 24.0. The molecule has 0 bridgehead atoms. The van der Waals surface area contributed by atoms with Gasteiger partial charge in [-0.3, -0.25) is 9.78 Å². The lowest BCUT2D eigenvalue weighted by molar-refractivity contribution is 0.101. The van der Waals surface area contributed by atoms with Crippen molar-refractivity contribution in [3.63, 3.8) is 0 Å². The summed E-state index contributed by atoms with van der Waals surface area (Å²) in [6.45, 7) is 10.3. The van der Waals surface area contributed by atoms with Gasteiger partial charge in [0.2, 0.25) is 0 Å². The Hall–Kier alpha value is -3.66. The number of nitrogens with two attached hydrogens (primary N) is 1. The van der Waals surface area contributed by atoms with Crippen LogP contribution in [0.15, 0.2) is 72.8 Å². The van der Waals surface area contributed by atoms with Gasteiger partial charge in [0.25, 0.3) is 0 Å². The van der Waals surface area contributed by atoms with E-state index in [1.807, 2.05) is 61.5 Å². The molecule has 33 heavy (non-hydrogen) atoms. The summed E-state index contributed by atoms with van der Waals surface area (Å²) in [6.07, 6.45) is 0. The lowest BCUT2D eigenvalue weighted by atomic mass is 10.0. The van der Waals surface area contributed by atoms with Crippen molar-refractivity contribution in [1.29, 1.82) is 0 Å². The van der Waals surface area contributed by atoms with Crippen LogP contribution in [-0.4, -0.2) is 10.8 Å². The number of ketones is 1. The van der Waals surface area contributed by atoms with Gasteiger partial charge in [-0.15, -0.1) is 0 Å². The summed E-state index contributed by atoms with van der Waals surface area (Å²) in [5, 5.41) is 1.05. The van der Waals surface area contributed by atoms with E-state index >= 15 is 0 Å². The van der Waals surface area contributed by atoms with E-state index in [1.165, 1.54) is 11.1 Å². The van der Waals surface area contributed by atoms with Crippen LogP contribution in [0.5, 0.6) is 5.75 Å². The van der Waals surface area contributed by atoms with Crippen LogP contribution in [-0.2, 0) is 6.61 Å². The number of nitrogens with zero attached hydrogens (tertiary/aromatic N) is 1. The third-order valence-electron chi connectivity index (χ3n) is 5.46. The van der Waals surface area contributed by atoms with Gasteiger partial charge in [0.15, 0.2) is 5.78 Å². The molecule has 0 unspecified atom stereocenters. The molecule has 3 aromatic carbocycles. The first kappa shape index (κ1) is 24.0. The number of aryl methyl sites for hydroxylation is 2. The molecule has 0 fully saturated rings. The van der Waals surface area contributed by atoms with Crippen molar-refractivity contribution in [3.05, 3.63) is 101 Å². The molecule has 0 saturated heterocycles. The van der Waals surface area contributed by atoms with Gasteiger partial charge in [-0.05, 0) is 62.6 Å². The van der Waals surface area contributed by atoms with Crippen LogP contribution in [0.1, 0.15) is 59.4 Å². The minimum Gasteiger partial charge on any atom is -0.489 e. The molecule has 4 heteroatoms. The Labute approximate surface area is 196 Å². The van der Waals surface area contributed by atoms with E-state index in [1.54, 1.807) is 6.92 Å². The second-order valence-corrected chi connectivity index (χ2v) is 8.60. The maximum Gasteiger partial charge on any atom is 0.160 e. The maximum atomic E-state index is 11.5. The average molecular weight is 441 g/mol. The Morgan fingerprint density at radius 1 is 0.970 bits per heavy atom. The fraction of sp³-hybridized carbons (Fsp3) is 0.241.